The molecule has 0 bridgehead atoms. The first kappa shape index (κ1) is 16.6. The number of sulfone groups is 1. The highest BCUT2D eigenvalue weighted by Gasteiger charge is 2.71. The first-order valence-electron chi connectivity index (χ1n) is 7.11. The lowest BCUT2D eigenvalue weighted by molar-refractivity contribution is -0.150. The van der Waals surface area contributed by atoms with Gasteiger partial charge in [-0.25, -0.2) is 13.2 Å². The van der Waals surface area contributed by atoms with Gasteiger partial charge in [0, 0.05) is 12.3 Å². The molecule has 1 aromatic heterocycles. The average Bonchev–Trinajstić information content (AvgIpc) is 3.00. The van der Waals surface area contributed by atoms with Gasteiger partial charge in [0.05, 0.1) is 31.0 Å². The van der Waals surface area contributed by atoms with Gasteiger partial charge in [0.2, 0.25) is 0 Å². The van der Waals surface area contributed by atoms with E-state index in [9.17, 15) is 27.9 Å². The van der Waals surface area contributed by atoms with E-state index in [0.29, 0.717) is 0 Å². The van der Waals surface area contributed by atoms with E-state index in [2.05, 4.69) is 15.0 Å². The van der Waals surface area contributed by atoms with Gasteiger partial charge in [-0.1, -0.05) is 5.21 Å². The van der Waals surface area contributed by atoms with Crippen molar-refractivity contribution in [3.05, 3.63) is 11.9 Å². The summed E-state index contributed by atoms with van der Waals surface area (Å²) in [4.78, 5) is 34.8. The number of ether oxygens (including phenoxy) is 1. The molecule has 11 heteroatoms. The van der Waals surface area contributed by atoms with Crippen LogP contribution in [0.1, 0.15) is 23.8 Å². The molecule has 2 heterocycles. The molecule has 0 amide bonds. The van der Waals surface area contributed by atoms with Crippen molar-refractivity contribution in [2.45, 2.75) is 29.9 Å². The molecule has 10 nitrogen and oxygen atoms in total. The lowest BCUT2D eigenvalue weighted by Crippen LogP contribution is -2.47. The van der Waals surface area contributed by atoms with Gasteiger partial charge in [0.15, 0.2) is 15.5 Å². The van der Waals surface area contributed by atoms with E-state index in [1.807, 2.05) is 0 Å². The van der Waals surface area contributed by atoms with Gasteiger partial charge in [-0.05, 0) is 6.92 Å². The van der Waals surface area contributed by atoms with Crippen LogP contribution in [-0.2, 0) is 30.7 Å². The molecule has 1 aromatic rings. The zero-order valence-corrected chi connectivity index (χ0v) is 13.7. The van der Waals surface area contributed by atoms with Gasteiger partial charge in [0.25, 0.3) is 0 Å². The molecule has 2 aliphatic rings. The maximum Gasteiger partial charge on any atom is 0.360 e. The molecule has 130 valence electrons. The summed E-state index contributed by atoms with van der Waals surface area (Å²) in [5, 5.41) is 15.8. The van der Waals surface area contributed by atoms with Crippen LogP contribution in [0.3, 0.4) is 0 Å². The van der Waals surface area contributed by atoms with Crippen LogP contribution in [0.4, 0.5) is 0 Å². The Morgan fingerprint density at radius 3 is 2.71 bits per heavy atom. The van der Waals surface area contributed by atoms with Crippen LogP contribution >= 0.6 is 0 Å². The second kappa shape index (κ2) is 5.10. The number of carboxylic acids is 1. The summed E-state index contributed by atoms with van der Waals surface area (Å²) in [6.07, 6.45) is 1.03. The summed E-state index contributed by atoms with van der Waals surface area (Å²) in [6, 6.07) is 0. The number of methoxy groups -OCH3 is 1. The highest BCUT2D eigenvalue weighted by molar-refractivity contribution is 7.94. The molecule has 1 saturated heterocycles. The van der Waals surface area contributed by atoms with E-state index in [-0.39, 0.29) is 24.4 Å². The number of ketones is 1. The number of aromatic nitrogens is 3. The van der Waals surface area contributed by atoms with Gasteiger partial charge < -0.3 is 9.84 Å². The summed E-state index contributed by atoms with van der Waals surface area (Å²) in [6.45, 7) is 0.975. The van der Waals surface area contributed by atoms with Crippen molar-refractivity contribution < 1.29 is 32.6 Å². The summed E-state index contributed by atoms with van der Waals surface area (Å²) in [5.74, 6) is -4.82. The molecule has 1 aliphatic heterocycles. The summed E-state index contributed by atoms with van der Waals surface area (Å²) < 4.78 is 29.4. The minimum atomic E-state index is -3.88. The van der Waals surface area contributed by atoms with Gasteiger partial charge in [0.1, 0.15) is 10.5 Å². The topological polar surface area (TPSA) is 146 Å². The van der Waals surface area contributed by atoms with Crippen molar-refractivity contribution in [3.63, 3.8) is 0 Å². The smallest absolute Gasteiger partial charge is 0.360 e. The Bertz CT molecular complexity index is 846. The van der Waals surface area contributed by atoms with E-state index >= 15 is 0 Å². The third kappa shape index (κ3) is 2.00. The number of fused-ring (bicyclic) bond motifs is 1. The largest absolute Gasteiger partial charge is 0.481 e. The van der Waals surface area contributed by atoms with Crippen LogP contribution in [0, 0.1) is 11.8 Å². The molecular formula is C13H15N3O7S. The van der Waals surface area contributed by atoms with E-state index < -0.39 is 43.6 Å². The molecule has 1 saturated carbocycles. The zero-order chi connectivity index (χ0) is 17.9. The Kier molecular flexibility index (Phi) is 3.52. The maximum absolute atomic E-state index is 12.8. The fourth-order valence-electron chi connectivity index (χ4n) is 3.61. The number of rotatable bonds is 4. The number of carbonyl (C=O) groups excluding carboxylic acids is 2. The number of nitrogens with zero attached hydrogens (tertiary/aromatic N) is 3. The molecule has 24 heavy (non-hydrogen) atoms. The minimum absolute atomic E-state index is 0.123. The second-order valence-electron chi connectivity index (χ2n) is 6.20. The second-order valence-corrected chi connectivity index (χ2v) is 8.83. The Morgan fingerprint density at radius 1 is 1.50 bits per heavy atom. The predicted molar refractivity (Wildman–Crippen MR) is 76.7 cm³/mol. The molecule has 0 radical (unpaired) electrons. The number of carboxylic acid groups (broad SMARTS) is 1. The average molecular weight is 357 g/mol. The van der Waals surface area contributed by atoms with Crippen LogP contribution in [0.15, 0.2) is 6.20 Å². The number of Topliss-reactive ketones (excluding diaryl/α,β-unsaturated/α-hetero) is 1. The van der Waals surface area contributed by atoms with Gasteiger partial charge in [-0.2, -0.15) is 0 Å². The number of aliphatic carboxylic acids is 1. The lowest BCUT2D eigenvalue weighted by atomic mass is 9.70. The summed E-state index contributed by atoms with van der Waals surface area (Å²) in [7, 11) is -2.72. The molecule has 1 N–H and O–H groups in total. The van der Waals surface area contributed by atoms with Crippen LogP contribution in [0.5, 0.6) is 0 Å². The van der Waals surface area contributed by atoms with Crippen molar-refractivity contribution in [1.29, 1.82) is 0 Å². The third-order valence-corrected chi connectivity index (χ3v) is 7.86. The standard InChI is InChI=1S/C13H15N3O7S/c1-13(5-16-4-6(14-15-16)12(20)23-2)10(11(18)19)9-7(17)3-8(9)24(13,21)22/h4,8-10H,3,5H2,1-2H3,(H,18,19)/t8?,9?,10-,13-/m0/s1. The van der Waals surface area contributed by atoms with Crippen molar-refractivity contribution in [3.8, 4) is 0 Å². The molecule has 0 aromatic carbocycles. The normalized spacial score (nSPS) is 33.6. The van der Waals surface area contributed by atoms with Gasteiger partial charge in [-0.15, -0.1) is 5.10 Å². The Hall–Kier alpha value is -2.30. The molecule has 3 rings (SSSR count). The fourth-order valence-corrected chi connectivity index (χ4v) is 6.30. The number of carbonyl (C=O) groups is 3. The Balaban J connectivity index is 2.00. The SMILES string of the molecule is COC(=O)c1cn(C[C@@]2(C)[C@H](C(=O)O)C3C(=O)CC3S2(=O)=O)nn1. The molecule has 2 fully saturated rings. The molecular weight excluding hydrogens is 342 g/mol. The predicted octanol–water partition coefficient (Wildman–Crippen LogP) is -1.09. The van der Waals surface area contributed by atoms with E-state index in [0.717, 1.165) is 11.8 Å². The summed E-state index contributed by atoms with van der Waals surface area (Å²) in [5.41, 5.74) is -0.123. The first-order valence-corrected chi connectivity index (χ1v) is 8.65. The molecule has 0 spiro atoms. The Labute approximate surface area is 136 Å². The molecule has 1 aliphatic carbocycles. The third-order valence-electron chi connectivity index (χ3n) is 4.92. The lowest BCUT2D eigenvalue weighted by Gasteiger charge is -2.29. The first-order chi connectivity index (χ1) is 11.1. The van der Waals surface area contributed by atoms with Crippen LogP contribution < -0.4 is 0 Å². The Morgan fingerprint density at radius 2 is 2.17 bits per heavy atom. The quantitative estimate of drug-likeness (QED) is 0.664. The van der Waals surface area contributed by atoms with E-state index in [1.54, 1.807) is 0 Å². The van der Waals surface area contributed by atoms with Crippen LogP contribution in [-0.4, -0.2) is 63.3 Å². The van der Waals surface area contributed by atoms with Crippen molar-refractivity contribution >= 4 is 27.6 Å². The van der Waals surface area contributed by atoms with E-state index in [1.165, 1.54) is 13.1 Å². The minimum Gasteiger partial charge on any atom is -0.481 e. The maximum atomic E-state index is 12.8. The monoisotopic (exact) mass is 357 g/mol. The van der Waals surface area contributed by atoms with Crippen LogP contribution in [0.25, 0.3) is 0 Å². The zero-order valence-electron chi connectivity index (χ0n) is 12.9. The van der Waals surface area contributed by atoms with Crippen molar-refractivity contribution in [1.82, 2.24) is 15.0 Å². The van der Waals surface area contributed by atoms with Crippen LogP contribution in [0.2, 0.25) is 0 Å². The van der Waals surface area contributed by atoms with E-state index in [4.69, 9.17) is 0 Å². The molecule has 2 unspecified atom stereocenters. The number of hydrogen-bond acceptors (Lipinski definition) is 8. The van der Waals surface area contributed by atoms with Gasteiger partial charge >= 0.3 is 11.9 Å². The number of hydrogen-bond donors (Lipinski definition) is 1. The van der Waals surface area contributed by atoms with Crippen molar-refractivity contribution in [2.75, 3.05) is 7.11 Å². The highest BCUT2D eigenvalue weighted by atomic mass is 32.2. The highest BCUT2D eigenvalue weighted by Crippen LogP contribution is 2.54. The fraction of sp³-hybridized carbons (Fsp3) is 0.615. The van der Waals surface area contributed by atoms with Gasteiger partial charge in [-0.3, -0.25) is 14.3 Å². The number of esters is 1. The molecule has 4 atom stereocenters. The summed E-state index contributed by atoms with van der Waals surface area (Å²) >= 11 is 0. The van der Waals surface area contributed by atoms with Crippen molar-refractivity contribution in [2.24, 2.45) is 11.8 Å².